The van der Waals surface area contributed by atoms with Gasteiger partial charge in [-0.25, -0.2) is 4.98 Å². The minimum atomic E-state index is -4.53. The second-order valence-electron chi connectivity index (χ2n) is 7.78. The summed E-state index contributed by atoms with van der Waals surface area (Å²) >= 11 is 0. The standard InChI is InChI=1S/C23H21F3N6O2.2H2/c1-13-8-15(9-27-3)4-6-17(13)21-30-31-22(34-21)20-14(2)28-10-18(29-20)16-5-7-19(33)32(11-16)12-23(24,25)26;;/h4-8,10-11,27H,9,12H2,1-3H3;2*1H. The monoisotopic (exact) mass is 474 g/mol. The third kappa shape index (κ3) is 5.04. The number of benzene rings is 1. The molecule has 11 heteroatoms. The first-order valence-corrected chi connectivity index (χ1v) is 10.3. The average Bonchev–Trinajstić information content (AvgIpc) is 3.25. The lowest BCUT2D eigenvalue weighted by Gasteiger charge is -2.11. The summed E-state index contributed by atoms with van der Waals surface area (Å²) < 4.78 is 44.9. The molecule has 1 aromatic carbocycles. The maximum Gasteiger partial charge on any atom is 0.406 e. The predicted octanol–water partition coefficient (Wildman–Crippen LogP) is 4.41. The lowest BCUT2D eigenvalue weighted by atomic mass is 10.1. The third-order valence-corrected chi connectivity index (χ3v) is 5.11. The first-order valence-electron chi connectivity index (χ1n) is 10.3. The molecule has 4 rings (SSSR count). The number of halogens is 3. The minimum absolute atomic E-state index is 0. The lowest BCUT2D eigenvalue weighted by molar-refractivity contribution is -0.141. The van der Waals surface area contributed by atoms with E-state index in [1.165, 1.54) is 12.3 Å². The molecule has 0 aliphatic carbocycles. The Kier molecular flexibility index (Phi) is 6.29. The van der Waals surface area contributed by atoms with E-state index in [0.717, 1.165) is 35.5 Å². The van der Waals surface area contributed by atoms with Crippen molar-refractivity contribution in [3.05, 3.63) is 69.9 Å². The second kappa shape index (κ2) is 9.18. The number of pyridine rings is 1. The van der Waals surface area contributed by atoms with Crippen molar-refractivity contribution in [1.29, 1.82) is 0 Å². The van der Waals surface area contributed by atoms with Crippen molar-refractivity contribution in [2.75, 3.05) is 7.05 Å². The summed E-state index contributed by atoms with van der Waals surface area (Å²) in [6, 6.07) is 8.35. The summed E-state index contributed by atoms with van der Waals surface area (Å²) in [4.78, 5) is 20.6. The van der Waals surface area contributed by atoms with Crippen LogP contribution >= 0.6 is 0 Å². The molecule has 34 heavy (non-hydrogen) atoms. The number of nitrogens with zero attached hydrogens (tertiary/aromatic N) is 5. The highest BCUT2D eigenvalue weighted by molar-refractivity contribution is 5.64. The van der Waals surface area contributed by atoms with Crippen molar-refractivity contribution < 1.29 is 20.4 Å². The van der Waals surface area contributed by atoms with E-state index in [9.17, 15) is 18.0 Å². The largest absolute Gasteiger partial charge is 0.415 e. The van der Waals surface area contributed by atoms with Crippen LogP contribution in [0.5, 0.6) is 0 Å². The first kappa shape index (κ1) is 23.3. The summed E-state index contributed by atoms with van der Waals surface area (Å²) in [5, 5.41) is 11.3. The smallest absolute Gasteiger partial charge is 0.406 e. The Morgan fingerprint density at radius 2 is 1.88 bits per heavy atom. The molecule has 0 saturated heterocycles. The zero-order valence-electron chi connectivity index (χ0n) is 18.6. The Morgan fingerprint density at radius 1 is 1.12 bits per heavy atom. The highest BCUT2D eigenvalue weighted by Crippen LogP contribution is 2.28. The first-order chi connectivity index (χ1) is 16.1. The fourth-order valence-electron chi connectivity index (χ4n) is 3.50. The molecule has 3 heterocycles. The molecule has 3 aromatic heterocycles. The molecular formula is C23H25F3N6O2. The van der Waals surface area contributed by atoms with Gasteiger partial charge in [0.15, 0.2) is 0 Å². The van der Waals surface area contributed by atoms with Crippen molar-refractivity contribution in [1.82, 2.24) is 30.0 Å². The fourth-order valence-corrected chi connectivity index (χ4v) is 3.50. The molecular weight excluding hydrogens is 449 g/mol. The summed E-state index contributed by atoms with van der Waals surface area (Å²) in [5.41, 5.74) is 3.46. The van der Waals surface area contributed by atoms with Gasteiger partial charge in [-0.05, 0) is 44.2 Å². The number of nitrogens with one attached hydrogen (secondary N) is 1. The van der Waals surface area contributed by atoms with Crippen LogP contribution in [0.25, 0.3) is 34.3 Å². The SMILES string of the molecule is CNCc1ccc(-c2nnc(-c3nc(-c4ccc(=O)n(CC(F)(F)F)c4)cnc3C)o2)c(C)c1.[HH].[HH]. The van der Waals surface area contributed by atoms with Crippen molar-refractivity contribution in [2.24, 2.45) is 0 Å². The molecule has 0 fully saturated rings. The Morgan fingerprint density at radius 3 is 2.59 bits per heavy atom. The van der Waals surface area contributed by atoms with E-state index in [-0.39, 0.29) is 14.4 Å². The zero-order chi connectivity index (χ0) is 24.5. The van der Waals surface area contributed by atoms with Gasteiger partial charge in [-0.3, -0.25) is 9.78 Å². The van der Waals surface area contributed by atoms with E-state index in [1.807, 2.05) is 32.2 Å². The Labute approximate surface area is 195 Å². The molecule has 0 bridgehead atoms. The van der Waals surface area contributed by atoms with Crippen LogP contribution in [0.3, 0.4) is 0 Å². The van der Waals surface area contributed by atoms with Crippen molar-refractivity contribution in [2.45, 2.75) is 33.1 Å². The third-order valence-electron chi connectivity index (χ3n) is 5.11. The number of hydrogen-bond donors (Lipinski definition) is 1. The highest BCUT2D eigenvalue weighted by Gasteiger charge is 2.28. The van der Waals surface area contributed by atoms with Gasteiger partial charge in [0.1, 0.15) is 12.2 Å². The summed E-state index contributed by atoms with van der Waals surface area (Å²) in [7, 11) is 1.87. The molecule has 8 nitrogen and oxygen atoms in total. The van der Waals surface area contributed by atoms with Gasteiger partial charge in [-0.2, -0.15) is 13.2 Å². The minimum Gasteiger partial charge on any atom is -0.415 e. The Bertz CT molecular complexity index is 1410. The molecule has 0 aliphatic heterocycles. The predicted molar refractivity (Wildman–Crippen MR) is 123 cm³/mol. The van der Waals surface area contributed by atoms with Crippen LogP contribution in [0.1, 0.15) is 19.7 Å². The van der Waals surface area contributed by atoms with Crippen LogP contribution in [0.15, 0.2) is 51.9 Å². The molecule has 1 N–H and O–H groups in total. The van der Waals surface area contributed by atoms with Crippen LogP contribution in [-0.4, -0.2) is 38.0 Å². The number of aryl methyl sites for hydroxylation is 2. The van der Waals surface area contributed by atoms with Gasteiger partial charge in [-0.15, -0.1) is 10.2 Å². The van der Waals surface area contributed by atoms with Crippen LogP contribution in [0, 0.1) is 13.8 Å². The van der Waals surface area contributed by atoms with Gasteiger partial charge >= 0.3 is 6.18 Å². The van der Waals surface area contributed by atoms with Gasteiger partial charge in [0, 0.05) is 32.8 Å². The van der Waals surface area contributed by atoms with E-state index in [4.69, 9.17) is 4.42 Å². The Balaban J connectivity index is 0.00000228. The van der Waals surface area contributed by atoms with Crippen molar-refractivity contribution in [3.8, 4) is 34.3 Å². The van der Waals surface area contributed by atoms with Gasteiger partial charge < -0.3 is 14.3 Å². The van der Waals surface area contributed by atoms with Gasteiger partial charge in [0.25, 0.3) is 11.4 Å². The van der Waals surface area contributed by atoms with Crippen LogP contribution in [0.4, 0.5) is 13.2 Å². The summed E-state index contributed by atoms with van der Waals surface area (Å²) in [6.07, 6.45) is -2.01. The molecule has 0 atom stereocenters. The number of hydrogen-bond acceptors (Lipinski definition) is 7. The van der Waals surface area contributed by atoms with Crippen LogP contribution < -0.4 is 10.9 Å². The maximum atomic E-state index is 12.8. The molecule has 0 radical (unpaired) electrons. The molecule has 0 amide bonds. The van der Waals surface area contributed by atoms with Gasteiger partial charge in [0.05, 0.1) is 17.6 Å². The molecule has 0 aliphatic rings. The lowest BCUT2D eigenvalue weighted by Crippen LogP contribution is -2.27. The summed E-state index contributed by atoms with van der Waals surface area (Å²) in [5.74, 6) is 0.443. The maximum absolute atomic E-state index is 12.8. The highest BCUT2D eigenvalue weighted by atomic mass is 19.4. The quantitative estimate of drug-likeness (QED) is 0.442. The number of rotatable bonds is 6. The van der Waals surface area contributed by atoms with E-state index in [2.05, 4.69) is 25.5 Å². The zero-order valence-corrected chi connectivity index (χ0v) is 18.6. The van der Waals surface area contributed by atoms with Crippen LogP contribution in [-0.2, 0) is 13.1 Å². The van der Waals surface area contributed by atoms with Crippen molar-refractivity contribution in [3.63, 3.8) is 0 Å². The topological polar surface area (TPSA) is 98.7 Å². The van der Waals surface area contributed by atoms with E-state index in [0.29, 0.717) is 27.4 Å². The molecule has 0 unspecified atom stereocenters. The van der Waals surface area contributed by atoms with E-state index < -0.39 is 18.3 Å². The van der Waals surface area contributed by atoms with E-state index in [1.54, 1.807) is 6.92 Å². The van der Waals surface area contributed by atoms with E-state index >= 15 is 0 Å². The average molecular weight is 474 g/mol. The van der Waals surface area contributed by atoms with Crippen molar-refractivity contribution >= 4 is 0 Å². The van der Waals surface area contributed by atoms with Crippen LogP contribution in [0.2, 0.25) is 0 Å². The number of aromatic nitrogens is 5. The Hall–Kier alpha value is -3.86. The molecule has 0 spiro atoms. The van der Waals surface area contributed by atoms with Gasteiger partial charge in [0.2, 0.25) is 5.89 Å². The molecule has 0 saturated carbocycles. The molecule has 180 valence electrons. The normalized spacial score (nSPS) is 11.7. The molecule has 4 aromatic rings. The fraction of sp³-hybridized carbons (Fsp3) is 0.261. The van der Waals surface area contributed by atoms with Gasteiger partial charge in [-0.1, -0.05) is 12.1 Å². The summed E-state index contributed by atoms with van der Waals surface area (Å²) in [6.45, 7) is 2.98. The second-order valence-corrected chi connectivity index (χ2v) is 7.78. The number of alkyl halides is 3.